The van der Waals surface area contributed by atoms with E-state index >= 15 is 0 Å². The van der Waals surface area contributed by atoms with Crippen molar-refractivity contribution in [3.63, 3.8) is 0 Å². The Morgan fingerprint density at radius 2 is 1.93 bits per heavy atom. The van der Waals surface area contributed by atoms with Crippen LogP contribution in [0, 0.1) is 17.6 Å². The van der Waals surface area contributed by atoms with E-state index in [9.17, 15) is 18.4 Å². The summed E-state index contributed by atoms with van der Waals surface area (Å²) in [5, 5.41) is 3.11. The van der Waals surface area contributed by atoms with Crippen LogP contribution < -0.4 is 10.9 Å². The molecule has 0 bridgehead atoms. The molecule has 1 fully saturated rings. The summed E-state index contributed by atoms with van der Waals surface area (Å²) < 4.78 is 33.3. The van der Waals surface area contributed by atoms with Crippen molar-refractivity contribution >= 4 is 22.4 Å². The Hall–Kier alpha value is -3.02. The monoisotopic (exact) mass is 383 g/mol. The molecule has 3 aromatic rings. The normalized spacial score (nSPS) is 15.2. The smallest absolute Gasteiger partial charge is 0.348 e. The Labute approximate surface area is 160 Å². The zero-order valence-corrected chi connectivity index (χ0v) is 15.3. The van der Waals surface area contributed by atoms with Crippen molar-refractivity contribution in [1.82, 2.24) is 0 Å². The quantitative estimate of drug-likeness (QED) is 0.613. The van der Waals surface area contributed by atoms with Gasteiger partial charge in [-0.15, -0.1) is 0 Å². The third-order valence-electron chi connectivity index (χ3n) is 5.38. The van der Waals surface area contributed by atoms with Crippen LogP contribution >= 0.6 is 0 Å². The van der Waals surface area contributed by atoms with E-state index in [4.69, 9.17) is 4.42 Å². The zero-order chi connectivity index (χ0) is 19.8. The molecule has 0 saturated heterocycles. The first kappa shape index (κ1) is 18.3. The van der Waals surface area contributed by atoms with Crippen LogP contribution in [0.15, 0.2) is 51.7 Å². The minimum atomic E-state index is -0.854. The highest BCUT2D eigenvalue weighted by Crippen LogP contribution is 2.41. The number of rotatable bonds is 5. The predicted molar refractivity (Wildman–Crippen MR) is 103 cm³/mol. The number of anilines is 1. The minimum Gasteiger partial charge on any atom is -0.405 e. The molecule has 0 amide bonds. The molecule has 1 heterocycles. The Bertz CT molecular complexity index is 1120. The Morgan fingerprint density at radius 1 is 1.18 bits per heavy atom. The summed E-state index contributed by atoms with van der Waals surface area (Å²) in [7, 11) is 0. The second kappa shape index (κ2) is 7.19. The minimum absolute atomic E-state index is 0.00300. The van der Waals surface area contributed by atoms with Gasteiger partial charge in [-0.25, -0.2) is 13.6 Å². The number of fused-ring (bicyclic) bond motifs is 1. The molecule has 4 rings (SSSR count). The Kier molecular flexibility index (Phi) is 4.71. The summed E-state index contributed by atoms with van der Waals surface area (Å²) in [5.74, 6) is -1.24. The topological polar surface area (TPSA) is 59.3 Å². The number of ketones is 1. The average molecular weight is 383 g/mol. The van der Waals surface area contributed by atoms with Gasteiger partial charge in [-0.2, -0.15) is 0 Å². The van der Waals surface area contributed by atoms with E-state index in [0.29, 0.717) is 5.56 Å². The van der Waals surface area contributed by atoms with Crippen LogP contribution in [0.25, 0.3) is 10.8 Å². The molecule has 0 spiro atoms. The number of carbonyl (C=O) groups excluding carboxylic acids is 1. The first-order valence-electron chi connectivity index (χ1n) is 9.24. The van der Waals surface area contributed by atoms with E-state index in [-0.39, 0.29) is 45.8 Å². The van der Waals surface area contributed by atoms with Gasteiger partial charge in [0.05, 0.1) is 11.6 Å². The second-order valence-corrected chi connectivity index (χ2v) is 7.18. The molecule has 2 aromatic carbocycles. The van der Waals surface area contributed by atoms with E-state index in [1.165, 1.54) is 31.2 Å². The maximum atomic E-state index is 14.2. The summed E-state index contributed by atoms with van der Waals surface area (Å²) in [4.78, 5) is 24.7. The van der Waals surface area contributed by atoms with Gasteiger partial charge < -0.3 is 9.73 Å². The summed E-state index contributed by atoms with van der Waals surface area (Å²) in [6.45, 7) is 1.34. The maximum absolute atomic E-state index is 14.2. The van der Waals surface area contributed by atoms with Crippen molar-refractivity contribution in [2.24, 2.45) is 5.92 Å². The van der Waals surface area contributed by atoms with Crippen molar-refractivity contribution in [2.45, 2.75) is 32.2 Å². The largest absolute Gasteiger partial charge is 0.405 e. The number of hydrogen-bond donors (Lipinski definition) is 1. The molecule has 6 heteroatoms. The molecular weight excluding hydrogens is 364 g/mol. The number of nitrogens with one attached hydrogen (secondary N) is 1. The SMILES string of the molecule is CC(=O)c1c(N[C@H](c2cccc(F)c2)C2CCC2)oc(=O)c2c(F)cccc12. The van der Waals surface area contributed by atoms with Gasteiger partial charge in [0, 0.05) is 5.39 Å². The standard InChI is InChI=1S/C22H19F2NO3/c1-12(26)18-16-9-4-10-17(24)19(16)22(27)28-21(18)25-20(13-5-2-6-13)14-7-3-8-15(23)11-14/h3-4,7-11,13,20,25H,2,5-6H2,1H3/t20-/m0/s1. The van der Waals surface area contributed by atoms with E-state index in [1.54, 1.807) is 12.1 Å². The summed E-state index contributed by atoms with van der Waals surface area (Å²) in [5.41, 5.74) is -0.0248. The van der Waals surface area contributed by atoms with Gasteiger partial charge in [0.15, 0.2) is 5.78 Å². The molecule has 28 heavy (non-hydrogen) atoms. The van der Waals surface area contributed by atoms with Crippen molar-refractivity contribution in [3.05, 3.63) is 75.6 Å². The molecule has 1 N–H and O–H groups in total. The van der Waals surface area contributed by atoms with Crippen LogP contribution in [0.1, 0.15) is 48.1 Å². The molecule has 1 atom stereocenters. The second-order valence-electron chi connectivity index (χ2n) is 7.18. The lowest BCUT2D eigenvalue weighted by atomic mass is 9.77. The van der Waals surface area contributed by atoms with Crippen molar-refractivity contribution in [1.29, 1.82) is 0 Å². The lowest BCUT2D eigenvalue weighted by Crippen LogP contribution is -2.27. The van der Waals surface area contributed by atoms with Gasteiger partial charge in [0.1, 0.15) is 17.0 Å². The molecule has 0 radical (unpaired) electrons. The molecule has 0 unspecified atom stereocenters. The fraction of sp³-hybridized carbons (Fsp3) is 0.273. The fourth-order valence-electron chi connectivity index (χ4n) is 3.80. The molecule has 1 aromatic heterocycles. The van der Waals surface area contributed by atoms with Gasteiger partial charge >= 0.3 is 5.63 Å². The van der Waals surface area contributed by atoms with Crippen LogP contribution in [-0.4, -0.2) is 5.78 Å². The highest BCUT2D eigenvalue weighted by atomic mass is 19.1. The zero-order valence-electron chi connectivity index (χ0n) is 15.3. The van der Waals surface area contributed by atoms with Crippen molar-refractivity contribution in [3.8, 4) is 0 Å². The van der Waals surface area contributed by atoms with E-state index in [1.807, 2.05) is 0 Å². The van der Waals surface area contributed by atoms with E-state index < -0.39 is 11.4 Å². The van der Waals surface area contributed by atoms with Gasteiger partial charge in [0.2, 0.25) is 5.88 Å². The van der Waals surface area contributed by atoms with Gasteiger partial charge in [0.25, 0.3) is 0 Å². The van der Waals surface area contributed by atoms with Crippen LogP contribution in [0.2, 0.25) is 0 Å². The average Bonchev–Trinajstić information content (AvgIpc) is 2.59. The number of halogens is 2. The number of Topliss-reactive ketones (excluding diaryl/α,β-unsaturated/α-hetero) is 1. The summed E-state index contributed by atoms with van der Waals surface area (Å²) >= 11 is 0. The molecule has 0 aliphatic heterocycles. The van der Waals surface area contributed by atoms with Crippen LogP contribution in [0.5, 0.6) is 0 Å². The molecule has 1 aliphatic rings. The third kappa shape index (κ3) is 3.19. The number of benzene rings is 2. The van der Waals surface area contributed by atoms with Crippen LogP contribution in [0.4, 0.5) is 14.7 Å². The molecular formula is C22H19F2NO3. The van der Waals surface area contributed by atoms with Gasteiger partial charge in [-0.05, 0) is 49.4 Å². The highest BCUT2D eigenvalue weighted by molar-refractivity contribution is 6.10. The lowest BCUT2D eigenvalue weighted by Gasteiger charge is -2.35. The van der Waals surface area contributed by atoms with Gasteiger partial charge in [-0.3, -0.25) is 4.79 Å². The number of carbonyl (C=O) groups is 1. The van der Waals surface area contributed by atoms with E-state index in [0.717, 1.165) is 25.3 Å². The van der Waals surface area contributed by atoms with Crippen LogP contribution in [0.3, 0.4) is 0 Å². The summed E-state index contributed by atoms with van der Waals surface area (Å²) in [6, 6.07) is 10.0. The maximum Gasteiger partial charge on any atom is 0.348 e. The third-order valence-corrected chi connectivity index (χ3v) is 5.38. The van der Waals surface area contributed by atoms with Crippen molar-refractivity contribution < 1.29 is 18.0 Å². The van der Waals surface area contributed by atoms with Crippen molar-refractivity contribution in [2.75, 3.05) is 5.32 Å². The Balaban J connectivity index is 1.86. The number of hydrogen-bond acceptors (Lipinski definition) is 4. The molecule has 1 aliphatic carbocycles. The molecule has 144 valence electrons. The van der Waals surface area contributed by atoms with Gasteiger partial charge in [-0.1, -0.05) is 30.7 Å². The Morgan fingerprint density at radius 3 is 2.57 bits per heavy atom. The first-order chi connectivity index (χ1) is 13.5. The summed E-state index contributed by atoms with van der Waals surface area (Å²) in [6.07, 6.45) is 2.94. The molecule has 1 saturated carbocycles. The fourth-order valence-corrected chi connectivity index (χ4v) is 3.80. The van der Waals surface area contributed by atoms with E-state index in [2.05, 4.69) is 5.32 Å². The highest BCUT2D eigenvalue weighted by Gasteiger charge is 2.31. The molecule has 4 nitrogen and oxygen atoms in total. The van der Waals surface area contributed by atoms with Crippen LogP contribution in [-0.2, 0) is 0 Å². The lowest BCUT2D eigenvalue weighted by molar-refractivity contribution is 0.101. The predicted octanol–water partition coefficient (Wildman–Crippen LogP) is 5.23. The first-order valence-corrected chi connectivity index (χ1v) is 9.24.